The van der Waals surface area contributed by atoms with Gasteiger partial charge in [-0.15, -0.1) is 0 Å². The number of likely N-dealkylation sites (tertiary alicyclic amines) is 1. The zero-order valence-electron chi connectivity index (χ0n) is 22.3. The summed E-state index contributed by atoms with van der Waals surface area (Å²) in [6.07, 6.45) is 7.86. The van der Waals surface area contributed by atoms with E-state index in [0.717, 1.165) is 44.8 Å². The van der Waals surface area contributed by atoms with E-state index in [4.69, 9.17) is 4.74 Å². The molecule has 1 aromatic carbocycles. The molecule has 0 amide bonds. The van der Waals surface area contributed by atoms with Crippen LogP contribution in [0, 0.1) is 17.2 Å². The van der Waals surface area contributed by atoms with Gasteiger partial charge in [0.1, 0.15) is 24.2 Å². The number of aromatic nitrogens is 4. The molecule has 10 heteroatoms. The largest absolute Gasteiger partial charge is 0.451 e. The van der Waals surface area contributed by atoms with Crippen molar-refractivity contribution in [2.45, 2.75) is 51.4 Å². The first-order valence-corrected chi connectivity index (χ1v) is 13.6. The van der Waals surface area contributed by atoms with Gasteiger partial charge in [0, 0.05) is 68.3 Å². The first-order valence-electron chi connectivity index (χ1n) is 13.6. The Morgan fingerprint density at radius 1 is 1.00 bits per heavy atom. The van der Waals surface area contributed by atoms with Gasteiger partial charge < -0.3 is 14.5 Å². The Bertz CT molecular complexity index is 1340. The molecule has 2 aromatic heterocycles. The number of nitrogens with zero attached hydrogens (tertiary/aromatic N) is 6. The second-order valence-corrected chi connectivity index (χ2v) is 11.8. The van der Waals surface area contributed by atoms with E-state index in [-0.39, 0.29) is 35.9 Å². The molecule has 1 unspecified atom stereocenters. The second kappa shape index (κ2) is 10.0. The molecular formula is C29H33F3N6O. The van der Waals surface area contributed by atoms with Crippen molar-refractivity contribution in [1.29, 1.82) is 0 Å². The Morgan fingerprint density at radius 2 is 1.77 bits per heavy atom. The average molecular weight is 539 g/mol. The summed E-state index contributed by atoms with van der Waals surface area (Å²) in [5.41, 5.74) is 2.25. The lowest BCUT2D eigenvalue weighted by molar-refractivity contribution is -0.0771. The van der Waals surface area contributed by atoms with Crippen molar-refractivity contribution in [2.24, 2.45) is 11.3 Å². The Morgan fingerprint density at radius 3 is 2.54 bits per heavy atom. The van der Waals surface area contributed by atoms with Crippen molar-refractivity contribution in [3.05, 3.63) is 54.8 Å². The number of alkyl halides is 2. The van der Waals surface area contributed by atoms with Crippen LogP contribution in [0.2, 0.25) is 0 Å². The highest BCUT2D eigenvalue weighted by Gasteiger charge is 2.53. The van der Waals surface area contributed by atoms with Crippen molar-refractivity contribution in [3.8, 4) is 22.6 Å². The summed E-state index contributed by atoms with van der Waals surface area (Å²) >= 11 is 0. The van der Waals surface area contributed by atoms with Crippen molar-refractivity contribution in [2.75, 3.05) is 37.6 Å². The van der Waals surface area contributed by atoms with E-state index in [0.29, 0.717) is 34.9 Å². The molecule has 1 spiro atoms. The molecule has 3 aliphatic rings. The van der Waals surface area contributed by atoms with E-state index in [1.165, 1.54) is 24.8 Å². The molecule has 0 bridgehead atoms. The molecule has 1 atom stereocenters. The zero-order chi connectivity index (χ0) is 27.2. The minimum Gasteiger partial charge on any atom is -0.451 e. The fraction of sp³-hybridized carbons (Fsp3) is 0.517. The molecule has 1 aliphatic carbocycles. The topological polar surface area (TPSA) is 67.3 Å². The fourth-order valence-electron chi connectivity index (χ4n) is 6.49. The molecule has 0 radical (unpaired) electrons. The Balaban J connectivity index is 1.15. The van der Waals surface area contributed by atoms with Gasteiger partial charge in [-0.25, -0.2) is 33.1 Å². The first-order chi connectivity index (χ1) is 18.7. The summed E-state index contributed by atoms with van der Waals surface area (Å²) in [5.74, 6) is -1.04. The Labute approximate surface area is 226 Å². The summed E-state index contributed by atoms with van der Waals surface area (Å²) in [6, 6.07) is 4.41. The highest BCUT2D eigenvalue weighted by molar-refractivity contribution is 5.73. The van der Waals surface area contributed by atoms with Crippen LogP contribution < -0.4 is 9.64 Å². The predicted octanol–water partition coefficient (Wildman–Crippen LogP) is 5.94. The van der Waals surface area contributed by atoms with Crippen LogP contribution >= 0.6 is 0 Å². The summed E-state index contributed by atoms with van der Waals surface area (Å²) in [4.78, 5) is 21.8. The van der Waals surface area contributed by atoms with Gasteiger partial charge in [0.05, 0.1) is 11.9 Å². The van der Waals surface area contributed by atoms with Crippen LogP contribution in [0.4, 0.5) is 19.0 Å². The fourth-order valence-corrected chi connectivity index (χ4v) is 6.49. The van der Waals surface area contributed by atoms with Gasteiger partial charge in [-0.3, -0.25) is 0 Å². The quantitative estimate of drug-likeness (QED) is 0.369. The van der Waals surface area contributed by atoms with Crippen LogP contribution in [0.25, 0.3) is 11.1 Å². The van der Waals surface area contributed by atoms with Gasteiger partial charge in [0.15, 0.2) is 11.6 Å². The molecule has 206 valence electrons. The smallest absolute Gasteiger partial charge is 0.248 e. The standard InChI is InChI=1S/C29H33F3N6O/c1-19(2)26-23(10-33-17-35-26)22-8-21(30)5-6-24(22)39-25-11-34-18-36-27(25)38-15-28(16-38)13-37(14-28)12-20-4-3-7-29(31,32)9-20/h5-6,8,10-11,17-20H,3-4,7,9,12-16H2,1-2H3. The van der Waals surface area contributed by atoms with E-state index in [2.05, 4.69) is 29.7 Å². The zero-order valence-corrected chi connectivity index (χ0v) is 22.3. The van der Waals surface area contributed by atoms with Crippen LogP contribution in [0.5, 0.6) is 11.5 Å². The SMILES string of the molecule is CC(C)c1ncncc1-c1cc(F)ccc1Oc1cncnc1N1CC2(CN(CC3CCCC(F)(F)C3)C2)C1. The van der Waals surface area contributed by atoms with Crippen molar-refractivity contribution < 1.29 is 17.9 Å². The minimum absolute atomic E-state index is 0.0173. The van der Waals surface area contributed by atoms with Crippen molar-refractivity contribution in [1.82, 2.24) is 24.8 Å². The molecule has 4 heterocycles. The molecule has 7 nitrogen and oxygen atoms in total. The minimum atomic E-state index is -2.50. The van der Waals surface area contributed by atoms with Gasteiger partial charge in [0.2, 0.25) is 5.92 Å². The van der Waals surface area contributed by atoms with Gasteiger partial charge in [-0.05, 0) is 42.9 Å². The van der Waals surface area contributed by atoms with E-state index < -0.39 is 5.92 Å². The highest BCUT2D eigenvalue weighted by atomic mass is 19.3. The maximum absolute atomic E-state index is 14.4. The molecule has 3 aromatic rings. The molecule has 3 fully saturated rings. The monoisotopic (exact) mass is 538 g/mol. The van der Waals surface area contributed by atoms with Crippen molar-refractivity contribution >= 4 is 5.82 Å². The van der Waals surface area contributed by atoms with Gasteiger partial charge in [0.25, 0.3) is 0 Å². The number of hydrogen-bond donors (Lipinski definition) is 0. The number of halogens is 3. The van der Waals surface area contributed by atoms with Gasteiger partial charge >= 0.3 is 0 Å². The highest BCUT2D eigenvalue weighted by Crippen LogP contribution is 2.46. The molecule has 39 heavy (non-hydrogen) atoms. The number of rotatable bonds is 7. The Kier molecular flexibility index (Phi) is 6.69. The second-order valence-electron chi connectivity index (χ2n) is 11.8. The maximum atomic E-state index is 14.4. The molecule has 0 N–H and O–H groups in total. The van der Waals surface area contributed by atoms with E-state index in [9.17, 15) is 13.2 Å². The molecule has 2 saturated heterocycles. The molecular weight excluding hydrogens is 505 g/mol. The number of ether oxygens (including phenoxy) is 1. The van der Waals surface area contributed by atoms with E-state index in [1.807, 2.05) is 13.8 Å². The molecule has 6 rings (SSSR count). The number of benzene rings is 1. The average Bonchev–Trinajstić information content (AvgIpc) is 2.85. The number of anilines is 1. The molecule has 1 saturated carbocycles. The summed E-state index contributed by atoms with van der Waals surface area (Å²) < 4.78 is 48.3. The van der Waals surface area contributed by atoms with Crippen LogP contribution in [0.15, 0.2) is 43.2 Å². The summed E-state index contributed by atoms with van der Waals surface area (Å²) in [7, 11) is 0. The van der Waals surface area contributed by atoms with Crippen molar-refractivity contribution in [3.63, 3.8) is 0 Å². The third kappa shape index (κ3) is 5.31. The number of hydrogen-bond acceptors (Lipinski definition) is 7. The van der Waals surface area contributed by atoms with Gasteiger partial charge in [-0.1, -0.05) is 13.8 Å². The maximum Gasteiger partial charge on any atom is 0.248 e. The van der Waals surface area contributed by atoms with E-state index >= 15 is 0 Å². The van der Waals surface area contributed by atoms with Crippen LogP contribution in [0.3, 0.4) is 0 Å². The lowest BCUT2D eigenvalue weighted by Gasteiger charge is -2.61. The normalized spacial score (nSPS) is 22.0. The third-order valence-corrected chi connectivity index (χ3v) is 8.13. The predicted molar refractivity (Wildman–Crippen MR) is 142 cm³/mol. The third-order valence-electron chi connectivity index (χ3n) is 8.13. The summed E-state index contributed by atoms with van der Waals surface area (Å²) in [5, 5.41) is 0. The van der Waals surface area contributed by atoms with Crippen LogP contribution in [-0.4, -0.2) is 63.5 Å². The lowest BCUT2D eigenvalue weighted by Crippen LogP contribution is -2.72. The molecule has 2 aliphatic heterocycles. The van der Waals surface area contributed by atoms with Crippen LogP contribution in [0.1, 0.15) is 51.1 Å². The van der Waals surface area contributed by atoms with Gasteiger partial charge in [-0.2, -0.15) is 0 Å². The first kappa shape index (κ1) is 26.0. The Hall–Kier alpha value is -3.27. The summed E-state index contributed by atoms with van der Waals surface area (Å²) in [6.45, 7) is 8.28. The van der Waals surface area contributed by atoms with Crippen LogP contribution in [-0.2, 0) is 0 Å². The van der Waals surface area contributed by atoms with E-state index in [1.54, 1.807) is 18.5 Å². The lowest BCUT2D eigenvalue weighted by atomic mass is 9.72.